The van der Waals surface area contributed by atoms with Crippen molar-refractivity contribution in [2.75, 3.05) is 11.9 Å². The van der Waals surface area contributed by atoms with Crippen LogP contribution in [0.15, 0.2) is 27.1 Å². The van der Waals surface area contributed by atoms with E-state index in [9.17, 15) is 4.79 Å². The van der Waals surface area contributed by atoms with Gasteiger partial charge in [-0.25, -0.2) is 0 Å². The van der Waals surface area contributed by atoms with Gasteiger partial charge in [-0.2, -0.15) is 0 Å². The largest absolute Gasteiger partial charge is 0.330 e. The Hall–Kier alpha value is -0.390. The summed E-state index contributed by atoms with van der Waals surface area (Å²) in [7, 11) is 0. The zero-order chi connectivity index (χ0) is 13.4. The molecule has 0 fully saturated rings. The molecule has 100 valence electrons. The Kier molecular flexibility index (Phi) is 7.54. The molecule has 0 aliphatic rings. The van der Waals surface area contributed by atoms with E-state index >= 15 is 0 Å². The molecule has 5 heteroatoms. The Morgan fingerprint density at radius 1 is 1.11 bits per heavy atom. The average Bonchev–Trinajstić information content (AvgIpc) is 2.34. The number of nitrogens with one attached hydrogen (secondary N) is 1. The van der Waals surface area contributed by atoms with E-state index in [0.29, 0.717) is 6.42 Å². The first-order valence-corrected chi connectivity index (χ1v) is 7.67. The second-order valence-corrected chi connectivity index (χ2v) is 5.81. The van der Waals surface area contributed by atoms with E-state index in [1.54, 1.807) is 0 Å². The summed E-state index contributed by atoms with van der Waals surface area (Å²) in [6.07, 6.45) is 4.66. The topological polar surface area (TPSA) is 55.1 Å². The molecule has 0 saturated heterocycles. The number of unbranched alkanes of at least 4 members (excludes halogenated alkanes) is 3. The second kappa shape index (κ2) is 8.67. The predicted molar refractivity (Wildman–Crippen MR) is 82.6 cm³/mol. The van der Waals surface area contributed by atoms with E-state index in [1.807, 2.05) is 18.2 Å². The van der Waals surface area contributed by atoms with Crippen molar-refractivity contribution >= 4 is 43.5 Å². The molecule has 18 heavy (non-hydrogen) atoms. The first kappa shape index (κ1) is 15.7. The number of hydrogen-bond donors (Lipinski definition) is 2. The van der Waals surface area contributed by atoms with Gasteiger partial charge in [-0.1, -0.05) is 18.9 Å². The number of rotatable bonds is 7. The third-order valence-electron chi connectivity index (χ3n) is 2.59. The van der Waals surface area contributed by atoms with Crippen molar-refractivity contribution in [1.29, 1.82) is 0 Å². The van der Waals surface area contributed by atoms with Crippen LogP contribution in [0, 0.1) is 0 Å². The molecule has 0 aromatic heterocycles. The van der Waals surface area contributed by atoms with Gasteiger partial charge in [0.05, 0.1) is 5.69 Å². The molecule has 0 aliphatic heterocycles. The fourth-order valence-electron chi connectivity index (χ4n) is 1.60. The lowest BCUT2D eigenvalue weighted by atomic mass is 10.1. The lowest BCUT2D eigenvalue weighted by Crippen LogP contribution is -2.12. The summed E-state index contributed by atoms with van der Waals surface area (Å²) >= 11 is 6.84. The van der Waals surface area contributed by atoms with Crippen molar-refractivity contribution in [1.82, 2.24) is 0 Å². The van der Waals surface area contributed by atoms with Gasteiger partial charge >= 0.3 is 0 Å². The van der Waals surface area contributed by atoms with Crippen molar-refractivity contribution < 1.29 is 4.79 Å². The van der Waals surface area contributed by atoms with Crippen LogP contribution in [0.5, 0.6) is 0 Å². The minimum Gasteiger partial charge on any atom is -0.330 e. The molecule has 0 radical (unpaired) electrons. The summed E-state index contributed by atoms with van der Waals surface area (Å²) in [5.41, 5.74) is 6.21. The Morgan fingerprint density at radius 3 is 2.33 bits per heavy atom. The molecular formula is C13H18Br2N2O. The number of amides is 1. The maximum atomic E-state index is 11.8. The smallest absolute Gasteiger partial charge is 0.224 e. The highest BCUT2D eigenvalue weighted by molar-refractivity contribution is 9.11. The summed E-state index contributed by atoms with van der Waals surface area (Å²) in [4.78, 5) is 11.8. The van der Waals surface area contributed by atoms with Crippen LogP contribution in [0.25, 0.3) is 0 Å². The van der Waals surface area contributed by atoms with E-state index in [-0.39, 0.29) is 5.91 Å². The van der Waals surface area contributed by atoms with Crippen molar-refractivity contribution in [3.8, 4) is 0 Å². The summed E-state index contributed by atoms with van der Waals surface area (Å²) in [6, 6.07) is 5.72. The molecule has 0 unspecified atom stereocenters. The van der Waals surface area contributed by atoms with Crippen LogP contribution >= 0.6 is 31.9 Å². The van der Waals surface area contributed by atoms with E-state index in [1.165, 1.54) is 0 Å². The standard InChI is InChI=1S/C13H18Br2N2O/c14-10-6-5-7-11(15)13(10)17-12(18)8-3-1-2-4-9-16/h5-7H,1-4,8-9,16H2,(H,17,18). The molecule has 0 bridgehead atoms. The van der Waals surface area contributed by atoms with Gasteiger partial charge in [-0.15, -0.1) is 0 Å². The van der Waals surface area contributed by atoms with Crippen LogP contribution in [0.1, 0.15) is 32.1 Å². The van der Waals surface area contributed by atoms with Crippen LogP contribution in [0.4, 0.5) is 5.69 Å². The van der Waals surface area contributed by atoms with Gasteiger partial charge in [0, 0.05) is 15.4 Å². The van der Waals surface area contributed by atoms with Gasteiger partial charge < -0.3 is 11.1 Å². The molecule has 0 atom stereocenters. The fourth-order valence-corrected chi connectivity index (χ4v) is 2.80. The maximum absolute atomic E-state index is 11.8. The van der Waals surface area contributed by atoms with Gasteiger partial charge in [0.2, 0.25) is 5.91 Å². The lowest BCUT2D eigenvalue weighted by Gasteiger charge is -2.09. The quantitative estimate of drug-likeness (QED) is 0.704. The normalized spacial score (nSPS) is 10.4. The summed E-state index contributed by atoms with van der Waals surface area (Å²) in [5, 5.41) is 2.91. The van der Waals surface area contributed by atoms with E-state index in [0.717, 1.165) is 46.9 Å². The number of para-hydroxylation sites is 1. The molecule has 0 saturated carbocycles. The maximum Gasteiger partial charge on any atom is 0.224 e. The van der Waals surface area contributed by atoms with Gasteiger partial charge in [-0.3, -0.25) is 4.79 Å². The molecule has 0 spiro atoms. The minimum absolute atomic E-state index is 0.0512. The SMILES string of the molecule is NCCCCCCC(=O)Nc1c(Br)cccc1Br. The van der Waals surface area contributed by atoms with Crippen LogP contribution in [-0.4, -0.2) is 12.5 Å². The van der Waals surface area contributed by atoms with E-state index in [4.69, 9.17) is 5.73 Å². The third kappa shape index (κ3) is 5.50. The minimum atomic E-state index is 0.0512. The Labute approximate surface area is 125 Å². The summed E-state index contributed by atoms with van der Waals surface area (Å²) < 4.78 is 1.77. The second-order valence-electron chi connectivity index (χ2n) is 4.10. The molecule has 1 amide bonds. The molecule has 3 N–H and O–H groups in total. The molecular weight excluding hydrogens is 360 g/mol. The number of benzene rings is 1. The van der Waals surface area contributed by atoms with Crippen LogP contribution in [-0.2, 0) is 4.79 Å². The highest BCUT2D eigenvalue weighted by Gasteiger charge is 2.08. The highest BCUT2D eigenvalue weighted by atomic mass is 79.9. The van der Waals surface area contributed by atoms with Crippen LogP contribution in [0.2, 0.25) is 0 Å². The number of halogens is 2. The van der Waals surface area contributed by atoms with Gasteiger partial charge in [0.1, 0.15) is 0 Å². The third-order valence-corrected chi connectivity index (χ3v) is 3.91. The highest BCUT2D eigenvalue weighted by Crippen LogP contribution is 2.30. The molecule has 0 heterocycles. The van der Waals surface area contributed by atoms with E-state index in [2.05, 4.69) is 37.2 Å². The fraction of sp³-hybridized carbons (Fsp3) is 0.462. The van der Waals surface area contributed by atoms with Gasteiger partial charge in [0.25, 0.3) is 0 Å². The van der Waals surface area contributed by atoms with Crippen molar-refractivity contribution in [3.63, 3.8) is 0 Å². The monoisotopic (exact) mass is 376 g/mol. The summed E-state index contributed by atoms with van der Waals surface area (Å²) in [6.45, 7) is 0.732. The van der Waals surface area contributed by atoms with Gasteiger partial charge in [-0.05, 0) is 63.4 Å². The number of carbonyl (C=O) groups is 1. The van der Waals surface area contributed by atoms with Crippen LogP contribution < -0.4 is 11.1 Å². The molecule has 3 nitrogen and oxygen atoms in total. The first-order chi connectivity index (χ1) is 8.65. The summed E-state index contributed by atoms with van der Waals surface area (Å²) in [5.74, 6) is 0.0512. The van der Waals surface area contributed by atoms with Gasteiger partial charge in [0.15, 0.2) is 0 Å². The molecule has 1 aromatic carbocycles. The molecule has 0 aliphatic carbocycles. The lowest BCUT2D eigenvalue weighted by molar-refractivity contribution is -0.116. The Balaban J connectivity index is 2.36. The Bertz CT molecular complexity index is 376. The Morgan fingerprint density at radius 2 is 1.72 bits per heavy atom. The first-order valence-electron chi connectivity index (χ1n) is 6.09. The molecule has 1 rings (SSSR count). The van der Waals surface area contributed by atoms with E-state index < -0.39 is 0 Å². The van der Waals surface area contributed by atoms with Crippen molar-refractivity contribution in [3.05, 3.63) is 27.1 Å². The van der Waals surface area contributed by atoms with Crippen molar-refractivity contribution in [2.24, 2.45) is 5.73 Å². The number of hydrogen-bond acceptors (Lipinski definition) is 2. The predicted octanol–water partition coefficient (Wildman–Crippen LogP) is 4.06. The molecule has 1 aromatic rings. The average molecular weight is 378 g/mol. The van der Waals surface area contributed by atoms with Crippen molar-refractivity contribution in [2.45, 2.75) is 32.1 Å². The van der Waals surface area contributed by atoms with Crippen LogP contribution in [0.3, 0.4) is 0 Å². The number of nitrogens with two attached hydrogens (primary N) is 1. The number of anilines is 1. The number of carbonyl (C=O) groups excluding carboxylic acids is 1. The zero-order valence-electron chi connectivity index (χ0n) is 10.2. The zero-order valence-corrected chi connectivity index (χ0v) is 13.4.